The van der Waals surface area contributed by atoms with Gasteiger partial charge in [0.15, 0.2) is 0 Å². The maximum absolute atomic E-state index is 6.13. The summed E-state index contributed by atoms with van der Waals surface area (Å²) < 4.78 is 9.57. The predicted octanol–water partition coefficient (Wildman–Crippen LogP) is 4.45. The van der Waals surface area contributed by atoms with E-state index in [1.807, 2.05) is 0 Å². The van der Waals surface area contributed by atoms with Gasteiger partial charge in [0, 0.05) is 4.70 Å². The molecule has 0 aliphatic carbocycles. The number of benzene rings is 2. The number of thiophene rings is 1. The number of hydrogen-bond donors (Lipinski definition) is 0. The molecule has 0 fully saturated rings. The summed E-state index contributed by atoms with van der Waals surface area (Å²) in [5.74, 6) is 0.926. The van der Waals surface area contributed by atoms with E-state index in [-0.39, 0.29) is 0 Å². The molecule has 2 aromatic heterocycles. The van der Waals surface area contributed by atoms with Gasteiger partial charge in [-0.1, -0.05) is 41.7 Å². The highest BCUT2D eigenvalue weighted by Gasteiger charge is 2.26. The number of fused-ring (bicyclic) bond motifs is 3. The van der Waals surface area contributed by atoms with Crippen LogP contribution in [0.4, 0.5) is 0 Å². The minimum atomic E-state index is 0.926. The summed E-state index contributed by atoms with van der Waals surface area (Å²) in [7, 11) is 2.08. The van der Waals surface area contributed by atoms with Gasteiger partial charge in [0.05, 0.1) is 10.9 Å². The van der Waals surface area contributed by atoms with Gasteiger partial charge in [-0.15, -0.1) is 0 Å². The molecule has 4 rings (SSSR count). The van der Waals surface area contributed by atoms with Crippen LogP contribution in [-0.4, -0.2) is 0 Å². The zero-order chi connectivity index (χ0) is 13.7. The van der Waals surface area contributed by atoms with E-state index in [0.29, 0.717) is 0 Å². The topological polar surface area (TPSA) is 17.0 Å². The van der Waals surface area contributed by atoms with Gasteiger partial charge in [0.1, 0.15) is 7.05 Å². The molecule has 2 heterocycles. The minimum Gasteiger partial charge on any atom is -0.386 e. The molecule has 0 spiro atoms. The predicted molar refractivity (Wildman–Crippen MR) is 82.9 cm³/mol. The molecule has 0 radical (unpaired) electrons. The van der Waals surface area contributed by atoms with Crippen LogP contribution >= 0.6 is 11.3 Å². The second-order valence-electron chi connectivity index (χ2n) is 5.02. The molecule has 0 bridgehead atoms. The number of nitrogens with zero attached hydrogens (tertiary/aromatic N) is 1. The lowest BCUT2D eigenvalue weighted by molar-refractivity contribution is -0.636. The van der Waals surface area contributed by atoms with Crippen molar-refractivity contribution in [1.82, 2.24) is 0 Å². The van der Waals surface area contributed by atoms with E-state index < -0.39 is 0 Å². The quantitative estimate of drug-likeness (QED) is 0.471. The van der Waals surface area contributed by atoms with Crippen LogP contribution in [0.2, 0.25) is 0 Å². The van der Waals surface area contributed by atoms with Crippen LogP contribution in [0.25, 0.3) is 32.0 Å². The summed E-state index contributed by atoms with van der Waals surface area (Å²) in [6.45, 7) is 2.12. The summed E-state index contributed by atoms with van der Waals surface area (Å²) in [6, 6.07) is 16.8. The lowest BCUT2D eigenvalue weighted by atomic mass is 10.1. The Morgan fingerprint density at radius 1 is 1.00 bits per heavy atom. The lowest BCUT2D eigenvalue weighted by Crippen LogP contribution is -2.28. The van der Waals surface area contributed by atoms with E-state index in [2.05, 4.69) is 67.1 Å². The van der Waals surface area contributed by atoms with Crippen LogP contribution in [0.5, 0.6) is 0 Å². The fraction of sp³-hybridized carbons (Fsp3) is 0.118. The smallest absolute Gasteiger partial charge is 0.382 e. The molecular weight excluding hydrogens is 266 g/mol. The number of oxazole rings is 1. The van der Waals surface area contributed by atoms with Crippen molar-refractivity contribution in [3.8, 4) is 11.5 Å². The minimum absolute atomic E-state index is 0.926. The molecule has 4 aromatic rings. The van der Waals surface area contributed by atoms with Gasteiger partial charge < -0.3 is 4.42 Å². The van der Waals surface area contributed by atoms with E-state index in [1.165, 1.54) is 21.2 Å². The SMILES string of the molecule is Cc1ccccc1-c1oc2sc3ccccc3c2[n+]1C. The molecule has 0 aliphatic rings. The Hall–Kier alpha value is -2.13. The summed E-state index contributed by atoms with van der Waals surface area (Å²) in [6.07, 6.45) is 0. The van der Waals surface area contributed by atoms with E-state index >= 15 is 0 Å². The van der Waals surface area contributed by atoms with Crippen molar-refractivity contribution in [3.05, 3.63) is 54.1 Å². The van der Waals surface area contributed by atoms with E-state index in [1.54, 1.807) is 11.3 Å². The van der Waals surface area contributed by atoms with E-state index in [0.717, 1.165) is 16.4 Å². The van der Waals surface area contributed by atoms with Gasteiger partial charge in [-0.2, -0.15) is 4.57 Å². The molecule has 0 saturated heterocycles. The summed E-state index contributed by atoms with van der Waals surface area (Å²) in [4.78, 5) is 0.993. The van der Waals surface area contributed by atoms with E-state index in [9.17, 15) is 0 Å². The highest BCUT2D eigenvalue weighted by Crippen LogP contribution is 2.35. The molecule has 0 amide bonds. The fourth-order valence-corrected chi connectivity index (χ4v) is 3.79. The average molecular weight is 280 g/mol. The first-order chi connectivity index (χ1) is 9.75. The first kappa shape index (κ1) is 11.7. The summed E-state index contributed by atoms with van der Waals surface area (Å²) >= 11 is 1.71. The molecule has 0 N–H and O–H groups in total. The molecule has 2 nitrogen and oxygen atoms in total. The number of aromatic nitrogens is 1. The highest BCUT2D eigenvalue weighted by molar-refractivity contribution is 7.25. The van der Waals surface area contributed by atoms with Gasteiger partial charge in [-0.25, -0.2) is 0 Å². The maximum Gasteiger partial charge on any atom is 0.382 e. The molecule has 0 aliphatic heterocycles. The Kier molecular flexibility index (Phi) is 2.44. The van der Waals surface area contributed by atoms with Gasteiger partial charge in [-0.05, 0) is 30.7 Å². The van der Waals surface area contributed by atoms with Crippen molar-refractivity contribution in [2.24, 2.45) is 7.05 Å². The molecule has 0 atom stereocenters. The first-order valence-corrected chi connectivity index (χ1v) is 7.43. The second kappa shape index (κ2) is 4.18. The monoisotopic (exact) mass is 280 g/mol. The Labute approximate surface area is 120 Å². The van der Waals surface area contributed by atoms with Crippen molar-refractivity contribution in [1.29, 1.82) is 0 Å². The fourth-order valence-electron chi connectivity index (χ4n) is 2.70. The third-order valence-corrected chi connectivity index (χ3v) is 4.78. The third-order valence-electron chi connectivity index (χ3n) is 3.74. The molecule has 0 unspecified atom stereocenters. The molecular formula is C17H14NOS+. The van der Waals surface area contributed by atoms with Crippen LogP contribution in [0.15, 0.2) is 52.9 Å². The third kappa shape index (κ3) is 1.53. The Morgan fingerprint density at radius 3 is 2.60 bits per heavy atom. The zero-order valence-corrected chi connectivity index (χ0v) is 12.2. The van der Waals surface area contributed by atoms with Gasteiger partial charge in [-0.3, -0.25) is 0 Å². The second-order valence-corrected chi connectivity index (χ2v) is 6.03. The number of rotatable bonds is 1. The van der Waals surface area contributed by atoms with Crippen molar-refractivity contribution >= 4 is 31.8 Å². The van der Waals surface area contributed by atoms with Crippen LogP contribution in [-0.2, 0) is 7.05 Å². The van der Waals surface area contributed by atoms with Gasteiger partial charge >= 0.3 is 5.89 Å². The van der Waals surface area contributed by atoms with Gasteiger partial charge in [0.2, 0.25) is 0 Å². The van der Waals surface area contributed by atoms with Gasteiger partial charge in [0.25, 0.3) is 10.4 Å². The Morgan fingerprint density at radius 2 is 1.75 bits per heavy atom. The Balaban J connectivity index is 2.08. The number of aryl methyl sites for hydroxylation is 2. The molecule has 98 valence electrons. The number of hydrogen-bond acceptors (Lipinski definition) is 2. The van der Waals surface area contributed by atoms with Crippen molar-refractivity contribution in [2.45, 2.75) is 6.92 Å². The van der Waals surface area contributed by atoms with Crippen molar-refractivity contribution < 1.29 is 8.98 Å². The Bertz CT molecular complexity index is 933. The van der Waals surface area contributed by atoms with Crippen molar-refractivity contribution in [2.75, 3.05) is 0 Å². The van der Waals surface area contributed by atoms with E-state index in [4.69, 9.17) is 4.42 Å². The largest absolute Gasteiger partial charge is 0.386 e. The lowest BCUT2D eigenvalue weighted by Gasteiger charge is -1.97. The highest BCUT2D eigenvalue weighted by atomic mass is 32.1. The van der Waals surface area contributed by atoms with Crippen LogP contribution in [0.1, 0.15) is 5.56 Å². The molecule has 3 heteroatoms. The molecule has 0 saturated carbocycles. The standard InChI is InChI=1S/C17H14NOS/c1-11-7-3-4-8-12(11)16-18(2)15-13-9-5-6-10-14(13)20-17(15)19-16/h3-10H,1-2H3/q+1. The maximum atomic E-state index is 6.13. The normalized spacial score (nSPS) is 11.5. The molecule has 20 heavy (non-hydrogen) atoms. The van der Waals surface area contributed by atoms with Crippen LogP contribution in [0, 0.1) is 6.92 Å². The zero-order valence-electron chi connectivity index (χ0n) is 11.4. The first-order valence-electron chi connectivity index (χ1n) is 6.62. The van der Waals surface area contributed by atoms with Crippen molar-refractivity contribution in [3.63, 3.8) is 0 Å². The average Bonchev–Trinajstić information content (AvgIpc) is 2.97. The van der Waals surface area contributed by atoms with Crippen LogP contribution in [0.3, 0.4) is 0 Å². The molecule has 2 aromatic carbocycles. The van der Waals surface area contributed by atoms with Crippen LogP contribution < -0.4 is 4.57 Å². The summed E-state index contributed by atoms with van der Waals surface area (Å²) in [5.41, 5.74) is 3.57. The summed E-state index contributed by atoms with van der Waals surface area (Å²) in [5, 5.41) is 1.26.